The zero-order valence-electron chi connectivity index (χ0n) is 12.8. The summed E-state index contributed by atoms with van der Waals surface area (Å²) in [5, 5.41) is 2.99. The number of urea groups is 1. The number of sulfone groups is 1. The average molecular weight is 345 g/mol. The van der Waals surface area contributed by atoms with Gasteiger partial charge in [-0.25, -0.2) is 13.2 Å². The number of hydrogen-bond donors (Lipinski definition) is 1. The van der Waals surface area contributed by atoms with Crippen molar-refractivity contribution in [3.05, 3.63) is 34.9 Å². The summed E-state index contributed by atoms with van der Waals surface area (Å²) in [5.74, 6) is 0.0242. The largest absolute Gasteiger partial charge is 0.338 e. The van der Waals surface area contributed by atoms with Gasteiger partial charge in [0.05, 0.1) is 11.0 Å². The summed E-state index contributed by atoms with van der Waals surface area (Å²) < 4.78 is 23.6. The van der Waals surface area contributed by atoms with Gasteiger partial charge in [0.2, 0.25) is 0 Å². The molecule has 0 aromatic heterocycles. The van der Waals surface area contributed by atoms with Crippen LogP contribution in [-0.2, 0) is 16.3 Å². The minimum Gasteiger partial charge on any atom is -0.338 e. The molecular weight excluding hydrogens is 324 g/mol. The number of nitrogens with zero attached hydrogens (tertiary/aromatic N) is 1. The first-order chi connectivity index (χ1) is 10.3. The van der Waals surface area contributed by atoms with Gasteiger partial charge in [-0.3, -0.25) is 0 Å². The fraction of sp³-hybridized carbons (Fsp3) is 0.533. The Bertz CT molecular complexity index is 648. The van der Waals surface area contributed by atoms with Crippen LogP contribution < -0.4 is 5.32 Å². The predicted octanol–water partition coefficient (Wildman–Crippen LogP) is 2.10. The van der Waals surface area contributed by atoms with E-state index in [0.29, 0.717) is 18.0 Å². The Kier molecular flexibility index (Phi) is 5.34. The van der Waals surface area contributed by atoms with E-state index in [0.717, 1.165) is 5.56 Å². The van der Waals surface area contributed by atoms with Crippen LogP contribution >= 0.6 is 11.6 Å². The van der Waals surface area contributed by atoms with Crippen LogP contribution in [0.25, 0.3) is 0 Å². The summed E-state index contributed by atoms with van der Waals surface area (Å²) >= 11 is 6.07. The topological polar surface area (TPSA) is 66.5 Å². The molecule has 5 nitrogen and oxygen atoms in total. The first kappa shape index (κ1) is 17.1. The lowest BCUT2D eigenvalue weighted by Gasteiger charge is -2.37. The van der Waals surface area contributed by atoms with Crippen molar-refractivity contribution in [1.82, 2.24) is 10.2 Å². The Labute approximate surface area is 136 Å². The summed E-state index contributed by atoms with van der Waals surface area (Å²) in [6.45, 7) is 4.14. The lowest BCUT2D eigenvalue weighted by atomic mass is 10.1. The van der Waals surface area contributed by atoms with E-state index in [1.165, 1.54) is 0 Å². The Morgan fingerprint density at radius 2 is 2.05 bits per heavy atom. The van der Waals surface area contributed by atoms with Gasteiger partial charge in [0.25, 0.3) is 0 Å². The number of rotatable bonds is 3. The molecule has 7 heteroatoms. The molecule has 0 spiro atoms. The maximum absolute atomic E-state index is 12.2. The zero-order valence-corrected chi connectivity index (χ0v) is 14.3. The molecule has 2 rings (SSSR count). The minimum absolute atomic E-state index is 0.0242. The fourth-order valence-corrected chi connectivity index (χ4v) is 4.36. The molecule has 0 bridgehead atoms. The predicted molar refractivity (Wildman–Crippen MR) is 88.0 cm³/mol. The van der Waals surface area contributed by atoms with Crippen LogP contribution in [0.5, 0.6) is 0 Å². The molecule has 1 aliphatic heterocycles. The summed E-state index contributed by atoms with van der Waals surface area (Å²) in [4.78, 5) is 13.8. The second-order valence-corrected chi connectivity index (χ2v) is 8.46. The van der Waals surface area contributed by atoms with E-state index < -0.39 is 15.1 Å². The number of nitrogens with one attached hydrogen (secondary N) is 1. The fourth-order valence-electron chi connectivity index (χ4n) is 2.56. The van der Waals surface area contributed by atoms with Crippen molar-refractivity contribution in [2.24, 2.45) is 0 Å². The normalized spacial score (nSPS) is 24.0. The summed E-state index contributed by atoms with van der Waals surface area (Å²) in [7, 11) is -3.09. The molecule has 2 amide bonds. The van der Waals surface area contributed by atoms with Crippen molar-refractivity contribution < 1.29 is 13.2 Å². The number of halogens is 1. The molecule has 0 unspecified atom stereocenters. The third-order valence-corrected chi connectivity index (χ3v) is 6.89. The lowest BCUT2D eigenvalue weighted by Crippen LogP contribution is -2.57. The van der Waals surface area contributed by atoms with Crippen LogP contribution in [0.3, 0.4) is 0 Å². The van der Waals surface area contributed by atoms with E-state index in [9.17, 15) is 13.2 Å². The third-order valence-electron chi connectivity index (χ3n) is 4.24. The number of amides is 2. The quantitative estimate of drug-likeness (QED) is 0.913. The van der Waals surface area contributed by atoms with Gasteiger partial charge in [-0.05, 0) is 31.9 Å². The molecule has 1 heterocycles. The van der Waals surface area contributed by atoms with Gasteiger partial charge < -0.3 is 10.2 Å². The maximum atomic E-state index is 12.2. The SMILES string of the molecule is C[C@H]1[C@H](C)S(=O)(=O)CCN1C(=O)NCCc1ccccc1Cl. The highest BCUT2D eigenvalue weighted by Gasteiger charge is 2.37. The number of carbonyl (C=O) groups excluding carboxylic acids is 1. The van der Waals surface area contributed by atoms with E-state index in [2.05, 4.69) is 5.32 Å². The van der Waals surface area contributed by atoms with Crippen molar-refractivity contribution in [1.29, 1.82) is 0 Å². The zero-order chi connectivity index (χ0) is 16.3. The van der Waals surface area contributed by atoms with Gasteiger partial charge in [-0.1, -0.05) is 29.8 Å². The molecular formula is C15H21ClN2O3S. The molecule has 0 radical (unpaired) electrons. The highest BCUT2D eigenvalue weighted by Crippen LogP contribution is 2.19. The van der Waals surface area contributed by atoms with Crippen molar-refractivity contribution >= 4 is 27.5 Å². The van der Waals surface area contributed by atoms with E-state index in [1.807, 2.05) is 24.3 Å². The molecule has 1 aromatic rings. The molecule has 0 saturated carbocycles. The van der Waals surface area contributed by atoms with Crippen LogP contribution in [0.2, 0.25) is 5.02 Å². The maximum Gasteiger partial charge on any atom is 0.317 e. The van der Waals surface area contributed by atoms with Gasteiger partial charge >= 0.3 is 6.03 Å². The smallest absolute Gasteiger partial charge is 0.317 e. The van der Waals surface area contributed by atoms with E-state index in [1.54, 1.807) is 18.7 Å². The van der Waals surface area contributed by atoms with Crippen molar-refractivity contribution in [2.45, 2.75) is 31.6 Å². The van der Waals surface area contributed by atoms with Gasteiger partial charge in [-0.2, -0.15) is 0 Å². The Morgan fingerprint density at radius 1 is 1.36 bits per heavy atom. The van der Waals surface area contributed by atoms with Gasteiger partial charge in [0.15, 0.2) is 9.84 Å². The molecule has 1 saturated heterocycles. The van der Waals surface area contributed by atoms with Crippen LogP contribution in [0.1, 0.15) is 19.4 Å². The summed E-state index contributed by atoms with van der Waals surface area (Å²) in [6, 6.07) is 6.97. The van der Waals surface area contributed by atoms with E-state index >= 15 is 0 Å². The second kappa shape index (κ2) is 6.87. The Balaban J connectivity index is 1.89. The molecule has 2 atom stereocenters. The van der Waals surface area contributed by atoms with Crippen LogP contribution in [0.4, 0.5) is 4.79 Å². The molecule has 0 aliphatic carbocycles. The molecule has 22 heavy (non-hydrogen) atoms. The van der Waals surface area contributed by atoms with Crippen LogP contribution in [-0.4, -0.2) is 49.5 Å². The summed E-state index contributed by atoms with van der Waals surface area (Å²) in [5.41, 5.74) is 0.979. The molecule has 1 aliphatic rings. The minimum atomic E-state index is -3.09. The Hall–Kier alpha value is -1.27. The second-order valence-electron chi connectivity index (χ2n) is 5.58. The number of carbonyl (C=O) groups is 1. The molecule has 1 fully saturated rings. The lowest BCUT2D eigenvalue weighted by molar-refractivity contribution is 0.178. The molecule has 1 aromatic carbocycles. The van der Waals surface area contributed by atoms with E-state index in [4.69, 9.17) is 11.6 Å². The van der Waals surface area contributed by atoms with Crippen molar-refractivity contribution in [3.63, 3.8) is 0 Å². The average Bonchev–Trinajstić information content (AvgIpc) is 2.47. The van der Waals surface area contributed by atoms with Crippen LogP contribution in [0, 0.1) is 0 Å². The molecule has 122 valence electrons. The first-order valence-electron chi connectivity index (χ1n) is 7.32. The third kappa shape index (κ3) is 3.73. The highest BCUT2D eigenvalue weighted by molar-refractivity contribution is 7.92. The van der Waals surface area contributed by atoms with Crippen molar-refractivity contribution in [2.75, 3.05) is 18.8 Å². The Morgan fingerprint density at radius 3 is 2.73 bits per heavy atom. The standard InChI is InChI=1S/C15H21ClN2O3S/c1-11-12(2)22(20,21)10-9-18(11)15(19)17-8-7-13-5-3-4-6-14(13)16/h3-6,11-12H,7-10H2,1-2H3,(H,17,19)/t11-,12-/m0/s1. The summed E-state index contributed by atoms with van der Waals surface area (Å²) in [6.07, 6.45) is 0.640. The first-order valence-corrected chi connectivity index (χ1v) is 9.41. The monoisotopic (exact) mass is 344 g/mol. The van der Waals surface area contributed by atoms with Gasteiger partial charge in [-0.15, -0.1) is 0 Å². The van der Waals surface area contributed by atoms with Gasteiger partial charge in [0.1, 0.15) is 0 Å². The number of benzene rings is 1. The van der Waals surface area contributed by atoms with Crippen LogP contribution in [0.15, 0.2) is 24.3 Å². The van der Waals surface area contributed by atoms with E-state index in [-0.39, 0.29) is 24.4 Å². The van der Waals surface area contributed by atoms with Gasteiger partial charge in [0, 0.05) is 24.2 Å². The number of hydrogen-bond acceptors (Lipinski definition) is 3. The molecule has 1 N–H and O–H groups in total. The van der Waals surface area contributed by atoms with Crippen molar-refractivity contribution in [3.8, 4) is 0 Å². The highest BCUT2D eigenvalue weighted by atomic mass is 35.5.